The van der Waals surface area contributed by atoms with Crippen molar-refractivity contribution in [2.24, 2.45) is 5.41 Å². The molecule has 0 saturated carbocycles. The number of likely N-dealkylation sites (N-methyl/N-ethyl adjacent to an activating group) is 1. The molecule has 0 saturated heterocycles. The Hall–Kier alpha value is -1.53. The van der Waals surface area contributed by atoms with E-state index in [2.05, 4.69) is 30.4 Å². The normalized spacial score (nSPS) is 12.8. The largest absolute Gasteiger partial charge is 0.494 e. The minimum absolute atomic E-state index is 0.253. The number of hydrogen-bond donors (Lipinski definition) is 1. The lowest BCUT2D eigenvalue weighted by atomic mass is 9.90. The summed E-state index contributed by atoms with van der Waals surface area (Å²) in [6, 6.07) is 11.1. The summed E-state index contributed by atoms with van der Waals surface area (Å²) in [7, 11) is 1.98. The van der Waals surface area contributed by atoms with Gasteiger partial charge in [-0.25, -0.2) is 0 Å². The maximum atomic E-state index is 8.94. The van der Waals surface area contributed by atoms with E-state index in [4.69, 9.17) is 10.00 Å². The van der Waals surface area contributed by atoms with Gasteiger partial charge in [-0.15, -0.1) is 0 Å². The first-order valence-corrected chi connectivity index (χ1v) is 7.27. The van der Waals surface area contributed by atoms with E-state index in [1.807, 2.05) is 33.0 Å². The number of ether oxygens (including phenoxy) is 1. The Morgan fingerprint density at radius 1 is 1.30 bits per heavy atom. The van der Waals surface area contributed by atoms with Gasteiger partial charge in [-0.3, -0.25) is 0 Å². The fraction of sp³-hybridized carbons (Fsp3) is 0.588. The third-order valence-corrected chi connectivity index (χ3v) is 3.48. The van der Waals surface area contributed by atoms with Crippen LogP contribution in [-0.4, -0.2) is 19.7 Å². The van der Waals surface area contributed by atoms with Gasteiger partial charge in [-0.1, -0.05) is 12.1 Å². The van der Waals surface area contributed by atoms with Gasteiger partial charge in [-0.2, -0.15) is 5.26 Å². The van der Waals surface area contributed by atoms with Crippen molar-refractivity contribution in [2.75, 3.05) is 13.7 Å². The standard InChI is InChI=1S/C17H26N2O/c1-14(19-4)12-15-6-8-16(9-7-15)20-11-5-10-17(2,3)13-18/h6-9,14,19H,5,10-12H2,1-4H3. The Balaban J connectivity index is 2.34. The Morgan fingerprint density at radius 3 is 2.50 bits per heavy atom. The first-order chi connectivity index (χ1) is 9.46. The molecule has 0 fully saturated rings. The molecule has 1 rings (SSSR count). The molecule has 0 heterocycles. The van der Waals surface area contributed by atoms with Crippen molar-refractivity contribution in [3.63, 3.8) is 0 Å². The van der Waals surface area contributed by atoms with Crippen molar-refractivity contribution >= 4 is 0 Å². The van der Waals surface area contributed by atoms with Crippen LogP contribution in [0.4, 0.5) is 0 Å². The van der Waals surface area contributed by atoms with E-state index in [-0.39, 0.29) is 5.41 Å². The van der Waals surface area contributed by atoms with Crippen molar-refractivity contribution in [3.8, 4) is 11.8 Å². The average Bonchev–Trinajstić information content (AvgIpc) is 2.45. The minimum atomic E-state index is -0.253. The molecule has 0 radical (unpaired) electrons. The van der Waals surface area contributed by atoms with Crippen LogP contribution in [0.5, 0.6) is 5.75 Å². The molecule has 3 heteroatoms. The van der Waals surface area contributed by atoms with Gasteiger partial charge in [-0.05, 0) is 64.8 Å². The maximum Gasteiger partial charge on any atom is 0.119 e. The molecule has 0 aliphatic rings. The number of nitrogens with one attached hydrogen (secondary N) is 1. The smallest absolute Gasteiger partial charge is 0.119 e. The molecule has 1 aromatic carbocycles. The minimum Gasteiger partial charge on any atom is -0.494 e. The van der Waals surface area contributed by atoms with Crippen LogP contribution in [0, 0.1) is 16.7 Å². The first-order valence-electron chi connectivity index (χ1n) is 7.27. The van der Waals surface area contributed by atoms with Crippen LogP contribution in [0.2, 0.25) is 0 Å². The summed E-state index contributed by atoms with van der Waals surface area (Å²) in [5, 5.41) is 12.2. The monoisotopic (exact) mass is 274 g/mol. The summed E-state index contributed by atoms with van der Waals surface area (Å²) in [6.45, 7) is 6.76. The predicted molar refractivity (Wildman–Crippen MR) is 82.8 cm³/mol. The van der Waals surface area contributed by atoms with Crippen LogP contribution < -0.4 is 10.1 Å². The highest BCUT2D eigenvalue weighted by atomic mass is 16.5. The highest BCUT2D eigenvalue weighted by molar-refractivity contribution is 5.27. The fourth-order valence-corrected chi connectivity index (χ4v) is 1.94. The number of nitriles is 1. The van der Waals surface area contributed by atoms with Gasteiger partial charge >= 0.3 is 0 Å². The van der Waals surface area contributed by atoms with Gasteiger partial charge in [0.15, 0.2) is 0 Å². The molecule has 1 N–H and O–H groups in total. The van der Waals surface area contributed by atoms with E-state index < -0.39 is 0 Å². The molecule has 1 aromatic rings. The van der Waals surface area contributed by atoms with Crippen LogP contribution in [-0.2, 0) is 6.42 Å². The van der Waals surface area contributed by atoms with Crippen molar-refractivity contribution < 1.29 is 4.74 Å². The summed E-state index contributed by atoms with van der Waals surface area (Å²) in [6.07, 6.45) is 2.79. The lowest BCUT2D eigenvalue weighted by molar-refractivity contribution is 0.284. The predicted octanol–water partition coefficient (Wildman–Crippen LogP) is 3.55. The molecule has 1 atom stereocenters. The van der Waals surface area contributed by atoms with E-state index in [9.17, 15) is 0 Å². The number of hydrogen-bond acceptors (Lipinski definition) is 3. The quantitative estimate of drug-likeness (QED) is 0.737. The lowest BCUT2D eigenvalue weighted by Crippen LogP contribution is -2.23. The van der Waals surface area contributed by atoms with E-state index in [1.165, 1.54) is 5.56 Å². The van der Waals surface area contributed by atoms with E-state index in [1.54, 1.807) is 0 Å². The molecule has 0 spiro atoms. The molecule has 0 aliphatic heterocycles. The summed E-state index contributed by atoms with van der Waals surface area (Å²) in [5.74, 6) is 0.903. The average molecular weight is 274 g/mol. The summed E-state index contributed by atoms with van der Waals surface area (Å²) in [4.78, 5) is 0. The van der Waals surface area contributed by atoms with Gasteiger partial charge < -0.3 is 10.1 Å². The van der Waals surface area contributed by atoms with Gasteiger partial charge in [0, 0.05) is 6.04 Å². The zero-order chi connectivity index (χ0) is 15.0. The van der Waals surface area contributed by atoms with Crippen LogP contribution >= 0.6 is 0 Å². The fourth-order valence-electron chi connectivity index (χ4n) is 1.94. The van der Waals surface area contributed by atoms with E-state index >= 15 is 0 Å². The summed E-state index contributed by atoms with van der Waals surface area (Å²) in [5.41, 5.74) is 1.06. The van der Waals surface area contributed by atoms with E-state index in [0.29, 0.717) is 12.6 Å². The van der Waals surface area contributed by atoms with Crippen molar-refractivity contribution in [3.05, 3.63) is 29.8 Å². The molecule has 0 bridgehead atoms. The molecule has 110 valence electrons. The van der Waals surface area contributed by atoms with Gasteiger partial charge in [0.05, 0.1) is 18.1 Å². The molecule has 1 unspecified atom stereocenters. The summed E-state index contributed by atoms with van der Waals surface area (Å²) < 4.78 is 5.71. The summed E-state index contributed by atoms with van der Waals surface area (Å²) >= 11 is 0. The molecule has 20 heavy (non-hydrogen) atoms. The van der Waals surface area contributed by atoms with Crippen LogP contribution in [0.15, 0.2) is 24.3 Å². The number of benzene rings is 1. The van der Waals surface area contributed by atoms with Crippen LogP contribution in [0.1, 0.15) is 39.2 Å². The molecule has 0 aliphatic carbocycles. The molecule has 0 amide bonds. The zero-order valence-corrected chi connectivity index (χ0v) is 13.1. The zero-order valence-electron chi connectivity index (χ0n) is 13.1. The Labute approximate surface area is 123 Å². The second kappa shape index (κ2) is 7.91. The second-order valence-electron chi connectivity index (χ2n) is 5.99. The molecular weight excluding hydrogens is 248 g/mol. The SMILES string of the molecule is CNC(C)Cc1ccc(OCCCC(C)(C)C#N)cc1. The molecule has 3 nitrogen and oxygen atoms in total. The molecular formula is C17H26N2O. The Bertz CT molecular complexity index is 431. The van der Waals surface area contributed by atoms with Crippen molar-refractivity contribution in [2.45, 2.75) is 46.1 Å². The van der Waals surface area contributed by atoms with Crippen molar-refractivity contribution in [1.29, 1.82) is 5.26 Å². The second-order valence-corrected chi connectivity index (χ2v) is 5.99. The lowest BCUT2D eigenvalue weighted by Gasteiger charge is -2.15. The molecule has 0 aromatic heterocycles. The third-order valence-electron chi connectivity index (χ3n) is 3.48. The Morgan fingerprint density at radius 2 is 1.95 bits per heavy atom. The third kappa shape index (κ3) is 6.08. The van der Waals surface area contributed by atoms with Crippen LogP contribution in [0.25, 0.3) is 0 Å². The van der Waals surface area contributed by atoms with Crippen LogP contribution in [0.3, 0.4) is 0 Å². The topological polar surface area (TPSA) is 45.0 Å². The van der Waals surface area contributed by atoms with Gasteiger partial charge in [0.2, 0.25) is 0 Å². The number of nitrogens with zero attached hydrogens (tertiary/aromatic N) is 1. The highest BCUT2D eigenvalue weighted by Gasteiger charge is 2.15. The van der Waals surface area contributed by atoms with Gasteiger partial charge in [0.25, 0.3) is 0 Å². The first kappa shape index (κ1) is 16.5. The van der Waals surface area contributed by atoms with E-state index in [0.717, 1.165) is 25.0 Å². The van der Waals surface area contributed by atoms with Crippen molar-refractivity contribution in [1.82, 2.24) is 5.32 Å². The highest BCUT2D eigenvalue weighted by Crippen LogP contribution is 2.21. The van der Waals surface area contributed by atoms with Gasteiger partial charge in [0.1, 0.15) is 5.75 Å². The Kier molecular flexibility index (Phi) is 6.54. The number of rotatable bonds is 8. The maximum absolute atomic E-state index is 8.94.